The van der Waals surface area contributed by atoms with Gasteiger partial charge in [-0.05, 0) is 36.6 Å². The smallest absolute Gasteiger partial charge is 0.246 e. The second kappa shape index (κ2) is 7.66. The molecule has 138 valence electrons. The zero-order valence-electron chi connectivity index (χ0n) is 15.6. The summed E-state index contributed by atoms with van der Waals surface area (Å²) >= 11 is 0. The Morgan fingerprint density at radius 2 is 1.78 bits per heavy atom. The molecule has 0 unspecified atom stereocenters. The lowest BCUT2D eigenvalue weighted by molar-refractivity contribution is -0.125. The molecule has 5 nitrogen and oxygen atoms in total. The molecular weight excluding hydrogens is 336 g/mol. The van der Waals surface area contributed by atoms with Crippen molar-refractivity contribution in [1.29, 1.82) is 0 Å². The predicted octanol–water partition coefficient (Wildman–Crippen LogP) is 3.71. The number of rotatable bonds is 3. The van der Waals surface area contributed by atoms with Crippen molar-refractivity contribution in [2.45, 2.75) is 13.3 Å². The van der Waals surface area contributed by atoms with Crippen LogP contribution in [0.25, 0.3) is 16.6 Å². The molecule has 1 fully saturated rings. The maximum atomic E-state index is 12.7. The molecule has 1 aliphatic rings. The number of H-pyrrole nitrogens is 1. The van der Waals surface area contributed by atoms with Crippen LogP contribution in [0.4, 0.5) is 5.95 Å². The van der Waals surface area contributed by atoms with E-state index in [1.807, 2.05) is 66.4 Å². The van der Waals surface area contributed by atoms with Crippen LogP contribution in [-0.4, -0.2) is 47.0 Å². The summed E-state index contributed by atoms with van der Waals surface area (Å²) < 4.78 is 0. The normalized spacial score (nSPS) is 15.8. The first-order chi connectivity index (χ1) is 13.2. The number of carbonyl (C=O) groups is 1. The van der Waals surface area contributed by atoms with Crippen molar-refractivity contribution in [3.05, 3.63) is 66.2 Å². The van der Waals surface area contributed by atoms with Crippen LogP contribution in [0.15, 0.2) is 60.7 Å². The average Bonchev–Trinajstić information content (AvgIpc) is 2.97. The molecule has 1 amide bonds. The molecule has 0 radical (unpaired) electrons. The summed E-state index contributed by atoms with van der Waals surface area (Å²) in [6.45, 7) is 5.14. The van der Waals surface area contributed by atoms with Crippen LogP contribution in [-0.2, 0) is 4.79 Å². The number of para-hydroxylation sites is 2. The highest BCUT2D eigenvalue weighted by atomic mass is 16.2. The minimum absolute atomic E-state index is 0.0859. The van der Waals surface area contributed by atoms with Gasteiger partial charge in [0.25, 0.3) is 0 Å². The highest BCUT2D eigenvalue weighted by Crippen LogP contribution is 2.19. The third-order valence-electron chi connectivity index (χ3n) is 5.05. The predicted molar refractivity (Wildman–Crippen MR) is 110 cm³/mol. The number of benzene rings is 2. The molecular formula is C22H24N4O. The largest absolute Gasteiger partial charge is 0.341 e. The number of hydrogen-bond donors (Lipinski definition) is 1. The number of aromatic amines is 1. The fraction of sp³-hybridized carbons (Fsp3) is 0.273. The minimum atomic E-state index is 0.0859. The molecule has 1 aliphatic heterocycles. The number of nitrogens with zero attached hydrogens (tertiary/aromatic N) is 3. The Labute approximate surface area is 159 Å². The summed E-state index contributed by atoms with van der Waals surface area (Å²) in [4.78, 5) is 25.0. The van der Waals surface area contributed by atoms with Crippen molar-refractivity contribution in [2.24, 2.45) is 0 Å². The lowest BCUT2D eigenvalue weighted by Crippen LogP contribution is -2.34. The summed E-state index contributed by atoms with van der Waals surface area (Å²) in [5, 5.41) is 0. The van der Waals surface area contributed by atoms with Crippen molar-refractivity contribution in [3.63, 3.8) is 0 Å². The van der Waals surface area contributed by atoms with Crippen LogP contribution in [0.5, 0.6) is 0 Å². The lowest BCUT2D eigenvalue weighted by Gasteiger charge is -2.21. The zero-order valence-corrected chi connectivity index (χ0v) is 15.6. The molecule has 1 N–H and O–H groups in total. The second-order valence-electron chi connectivity index (χ2n) is 6.94. The van der Waals surface area contributed by atoms with E-state index in [1.165, 1.54) is 0 Å². The fourth-order valence-corrected chi connectivity index (χ4v) is 3.50. The number of amides is 1. The van der Waals surface area contributed by atoms with Crippen LogP contribution in [0.1, 0.15) is 18.9 Å². The quantitative estimate of drug-likeness (QED) is 0.725. The second-order valence-corrected chi connectivity index (χ2v) is 6.94. The van der Waals surface area contributed by atoms with Gasteiger partial charge < -0.3 is 14.8 Å². The molecule has 0 saturated carbocycles. The maximum absolute atomic E-state index is 12.7. The van der Waals surface area contributed by atoms with E-state index in [0.717, 1.165) is 54.2 Å². The number of carbonyl (C=O) groups excluding carboxylic acids is 1. The van der Waals surface area contributed by atoms with Gasteiger partial charge >= 0.3 is 0 Å². The number of aromatic nitrogens is 2. The first kappa shape index (κ1) is 17.3. The van der Waals surface area contributed by atoms with E-state index in [4.69, 9.17) is 4.98 Å². The molecule has 0 atom stereocenters. The summed E-state index contributed by atoms with van der Waals surface area (Å²) in [5.74, 6) is 0.976. The van der Waals surface area contributed by atoms with Gasteiger partial charge in [-0.1, -0.05) is 42.5 Å². The maximum Gasteiger partial charge on any atom is 0.246 e. The Morgan fingerprint density at radius 3 is 2.59 bits per heavy atom. The van der Waals surface area contributed by atoms with Crippen LogP contribution in [0.2, 0.25) is 0 Å². The first-order valence-corrected chi connectivity index (χ1v) is 9.43. The van der Waals surface area contributed by atoms with Gasteiger partial charge in [-0.2, -0.15) is 0 Å². The lowest BCUT2D eigenvalue weighted by atomic mass is 10.1. The Bertz CT molecular complexity index is 928. The Morgan fingerprint density at radius 1 is 1.00 bits per heavy atom. The summed E-state index contributed by atoms with van der Waals surface area (Å²) in [6, 6.07) is 18.1. The molecule has 5 heteroatoms. The van der Waals surface area contributed by atoms with Crippen LogP contribution >= 0.6 is 0 Å². The van der Waals surface area contributed by atoms with E-state index in [0.29, 0.717) is 6.54 Å². The van der Waals surface area contributed by atoms with Gasteiger partial charge in [0, 0.05) is 32.3 Å². The number of anilines is 1. The van der Waals surface area contributed by atoms with Gasteiger partial charge in [-0.15, -0.1) is 0 Å². The molecule has 1 aromatic heterocycles. The number of hydrogen-bond acceptors (Lipinski definition) is 3. The Hall–Kier alpha value is -3.08. The van der Waals surface area contributed by atoms with Crippen molar-refractivity contribution in [3.8, 4) is 0 Å². The minimum Gasteiger partial charge on any atom is -0.341 e. The van der Waals surface area contributed by atoms with Gasteiger partial charge in [-0.25, -0.2) is 4.98 Å². The SMILES string of the molecule is C/C(=C/C(=O)N1CCCN(c2nc3ccccc3[nH]2)CC1)c1ccccc1. The standard InChI is InChI=1S/C22H24N4O/c1-17(18-8-3-2-4-9-18)16-21(27)25-12-7-13-26(15-14-25)22-23-19-10-5-6-11-20(19)24-22/h2-6,8-11,16H,7,12-15H2,1H3,(H,23,24)/b17-16-. The van der Waals surface area contributed by atoms with Gasteiger partial charge in [0.1, 0.15) is 0 Å². The number of nitrogens with one attached hydrogen (secondary N) is 1. The average molecular weight is 360 g/mol. The molecule has 0 spiro atoms. The van der Waals surface area contributed by atoms with E-state index in [2.05, 4.69) is 9.88 Å². The molecule has 2 aromatic carbocycles. The van der Waals surface area contributed by atoms with Crippen LogP contribution in [0, 0.1) is 0 Å². The van der Waals surface area contributed by atoms with E-state index in [1.54, 1.807) is 6.08 Å². The van der Waals surface area contributed by atoms with Gasteiger partial charge in [0.2, 0.25) is 11.9 Å². The molecule has 3 aromatic rings. The molecule has 0 bridgehead atoms. The summed E-state index contributed by atoms with van der Waals surface area (Å²) in [5.41, 5.74) is 4.11. The number of allylic oxidation sites excluding steroid dienone is 1. The molecule has 0 aliphatic carbocycles. The highest BCUT2D eigenvalue weighted by Gasteiger charge is 2.20. The van der Waals surface area contributed by atoms with E-state index >= 15 is 0 Å². The Kier molecular flexibility index (Phi) is 4.92. The third-order valence-corrected chi connectivity index (χ3v) is 5.05. The number of imidazole rings is 1. The van der Waals surface area contributed by atoms with Crippen molar-refractivity contribution >= 4 is 28.5 Å². The van der Waals surface area contributed by atoms with Gasteiger partial charge in [0.05, 0.1) is 11.0 Å². The van der Waals surface area contributed by atoms with Gasteiger partial charge in [0.15, 0.2) is 0 Å². The van der Waals surface area contributed by atoms with Crippen LogP contribution < -0.4 is 4.90 Å². The van der Waals surface area contributed by atoms with Crippen LogP contribution in [0.3, 0.4) is 0 Å². The fourth-order valence-electron chi connectivity index (χ4n) is 3.50. The van der Waals surface area contributed by atoms with E-state index < -0.39 is 0 Å². The zero-order chi connectivity index (χ0) is 18.6. The summed E-state index contributed by atoms with van der Waals surface area (Å²) in [7, 11) is 0. The Balaban J connectivity index is 1.44. The molecule has 27 heavy (non-hydrogen) atoms. The monoisotopic (exact) mass is 360 g/mol. The van der Waals surface area contributed by atoms with Crippen molar-refractivity contribution in [2.75, 3.05) is 31.1 Å². The highest BCUT2D eigenvalue weighted by molar-refractivity contribution is 5.95. The molecule has 2 heterocycles. The van der Waals surface area contributed by atoms with Crippen molar-refractivity contribution in [1.82, 2.24) is 14.9 Å². The van der Waals surface area contributed by atoms with Gasteiger partial charge in [-0.3, -0.25) is 4.79 Å². The van der Waals surface area contributed by atoms with E-state index in [9.17, 15) is 4.79 Å². The van der Waals surface area contributed by atoms with E-state index in [-0.39, 0.29) is 5.91 Å². The number of fused-ring (bicyclic) bond motifs is 1. The molecule has 4 rings (SSSR count). The summed E-state index contributed by atoms with van der Waals surface area (Å²) in [6.07, 6.45) is 2.69. The molecule has 1 saturated heterocycles. The third kappa shape index (κ3) is 3.87. The topological polar surface area (TPSA) is 52.2 Å². The first-order valence-electron chi connectivity index (χ1n) is 9.43. The van der Waals surface area contributed by atoms with Crippen molar-refractivity contribution < 1.29 is 4.79 Å².